The summed E-state index contributed by atoms with van der Waals surface area (Å²) in [5.41, 5.74) is -2.46. The largest absolute Gasteiger partial charge is 0.390 e. The Labute approximate surface area is 162 Å². The van der Waals surface area contributed by atoms with Crippen LogP contribution in [-0.4, -0.2) is 52.9 Å². The molecule has 2 unspecified atom stereocenters. The smallest absolute Gasteiger partial charge is 0.359 e. The van der Waals surface area contributed by atoms with Crippen LogP contribution in [0.25, 0.3) is 0 Å². The van der Waals surface area contributed by atoms with E-state index in [4.69, 9.17) is 4.52 Å². The molecule has 6 atom stereocenters. The Balaban J connectivity index is 2.19. The van der Waals surface area contributed by atoms with E-state index in [9.17, 15) is 34.4 Å². The zero-order chi connectivity index (χ0) is 21.5. The van der Waals surface area contributed by atoms with Gasteiger partial charge in [-0.25, -0.2) is 4.79 Å². The van der Waals surface area contributed by atoms with E-state index in [1.807, 2.05) is 0 Å². The highest BCUT2D eigenvalue weighted by Crippen LogP contribution is 2.58. The third-order valence-electron chi connectivity index (χ3n) is 5.38. The Kier molecular flexibility index (Phi) is 6.45. The summed E-state index contributed by atoms with van der Waals surface area (Å²) < 4.78 is 19.0. The lowest BCUT2D eigenvalue weighted by Gasteiger charge is -2.36. The van der Waals surface area contributed by atoms with Crippen LogP contribution >= 0.6 is 7.60 Å². The van der Waals surface area contributed by atoms with E-state index in [2.05, 4.69) is 4.98 Å². The zero-order valence-electron chi connectivity index (χ0n) is 16.4. The summed E-state index contributed by atoms with van der Waals surface area (Å²) >= 11 is 0. The van der Waals surface area contributed by atoms with Crippen molar-refractivity contribution in [3.05, 3.63) is 33.1 Å². The Bertz CT molecular complexity index is 861. The van der Waals surface area contributed by atoms with Gasteiger partial charge in [-0.2, -0.15) is 0 Å². The molecule has 0 saturated heterocycles. The Morgan fingerprint density at radius 2 is 1.89 bits per heavy atom. The fraction of sp³-hybridized carbons (Fsp3) is 0.765. The third-order valence-corrected chi connectivity index (χ3v) is 7.66. The van der Waals surface area contributed by atoms with Gasteiger partial charge in [-0.15, -0.1) is 0 Å². The van der Waals surface area contributed by atoms with Gasteiger partial charge in [0.1, 0.15) is 6.10 Å². The lowest BCUT2D eigenvalue weighted by molar-refractivity contribution is -0.0199. The molecule has 1 aliphatic carbocycles. The van der Waals surface area contributed by atoms with Crippen molar-refractivity contribution in [2.45, 2.75) is 76.2 Å². The predicted molar refractivity (Wildman–Crippen MR) is 101 cm³/mol. The lowest BCUT2D eigenvalue weighted by atomic mass is 9.91. The van der Waals surface area contributed by atoms with Gasteiger partial charge in [0, 0.05) is 12.3 Å². The van der Waals surface area contributed by atoms with Crippen molar-refractivity contribution >= 4 is 7.60 Å². The van der Waals surface area contributed by atoms with Crippen molar-refractivity contribution in [2.24, 2.45) is 5.92 Å². The van der Waals surface area contributed by atoms with Crippen LogP contribution in [0.5, 0.6) is 0 Å². The minimum Gasteiger partial charge on any atom is -0.390 e. The highest BCUT2D eigenvalue weighted by atomic mass is 31.2. The first kappa shape index (κ1) is 23.0. The monoisotopic (exact) mass is 420 g/mol. The molecular formula is C17H29N2O8P. The van der Waals surface area contributed by atoms with Crippen LogP contribution in [-0.2, 0) is 9.09 Å². The molecule has 1 aliphatic rings. The van der Waals surface area contributed by atoms with Gasteiger partial charge in [0.05, 0.1) is 17.7 Å². The molecule has 0 radical (unpaired) electrons. The molecule has 28 heavy (non-hydrogen) atoms. The molecule has 5 N–H and O–H groups in total. The van der Waals surface area contributed by atoms with Crippen molar-refractivity contribution in [3.8, 4) is 0 Å². The highest BCUT2D eigenvalue weighted by molar-refractivity contribution is 7.54. The second kappa shape index (κ2) is 7.85. The van der Waals surface area contributed by atoms with E-state index in [0.29, 0.717) is 0 Å². The average molecular weight is 420 g/mol. The number of hydrogen-bond donors (Lipinski definition) is 5. The lowest BCUT2D eigenvalue weighted by Crippen LogP contribution is -2.37. The normalized spacial score (nSPS) is 30.0. The van der Waals surface area contributed by atoms with Crippen LogP contribution in [0.2, 0.25) is 0 Å². The Hall–Kier alpha value is -1.29. The van der Waals surface area contributed by atoms with Crippen LogP contribution < -0.4 is 11.2 Å². The maximum absolute atomic E-state index is 12.5. The van der Waals surface area contributed by atoms with Crippen molar-refractivity contribution in [3.63, 3.8) is 0 Å². The minimum atomic E-state index is -4.38. The molecular weight excluding hydrogens is 391 g/mol. The molecule has 2 rings (SSSR count). The molecule has 10 nitrogen and oxygen atoms in total. The number of aliphatic hydroxyl groups is 3. The van der Waals surface area contributed by atoms with Crippen molar-refractivity contribution in [2.75, 3.05) is 0 Å². The fourth-order valence-electron chi connectivity index (χ4n) is 3.57. The molecule has 1 aromatic rings. The van der Waals surface area contributed by atoms with E-state index in [0.717, 1.165) is 10.6 Å². The molecule has 1 saturated carbocycles. The van der Waals surface area contributed by atoms with Crippen LogP contribution in [0, 0.1) is 5.92 Å². The number of hydrogen-bond acceptors (Lipinski definition) is 7. The average Bonchev–Trinajstić information content (AvgIpc) is 2.81. The van der Waals surface area contributed by atoms with Gasteiger partial charge in [0.15, 0.2) is 5.34 Å². The van der Waals surface area contributed by atoms with E-state index in [-0.39, 0.29) is 19.3 Å². The fourth-order valence-corrected chi connectivity index (χ4v) is 4.91. The van der Waals surface area contributed by atoms with Crippen LogP contribution in [0.4, 0.5) is 0 Å². The van der Waals surface area contributed by atoms with E-state index < -0.39 is 54.0 Å². The van der Waals surface area contributed by atoms with Crippen LogP contribution in [0.15, 0.2) is 21.9 Å². The van der Waals surface area contributed by atoms with E-state index in [1.165, 1.54) is 13.1 Å². The van der Waals surface area contributed by atoms with E-state index in [1.54, 1.807) is 20.8 Å². The molecule has 0 amide bonds. The van der Waals surface area contributed by atoms with Crippen molar-refractivity contribution in [1.82, 2.24) is 9.55 Å². The Morgan fingerprint density at radius 1 is 1.29 bits per heavy atom. The predicted octanol–water partition coefficient (Wildman–Crippen LogP) is 0.309. The summed E-state index contributed by atoms with van der Waals surface area (Å²) in [6.45, 7) is 5.89. The number of rotatable bonds is 7. The van der Waals surface area contributed by atoms with Gasteiger partial charge in [0.2, 0.25) is 0 Å². The summed E-state index contributed by atoms with van der Waals surface area (Å²) in [6.07, 6.45) is -0.892. The standard InChI is InChI=1S/C17H29N2O8P/c1-5-17(4,24)28(25,26)27-16(2,3)9-10-8-11(14(22)13(10)21)19-7-6-12(20)18-15(19)23/h6-7,10-11,13-14,21-22,24H,5,8-9H2,1-4H3,(H,25,26)(H,18,20,23)/t10-,11-,13-,14+,17?/m1/s1. The highest BCUT2D eigenvalue weighted by Gasteiger charge is 2.49. The topological polar surface area (TPSA) is 162 Å². The maximum atomic E-state index is 12.5. The molecule has 0 aliphatic heterocycles. The molecule has 11 heteroatoms. The summed E-state index contributed by atoms with van der Waals surface area (Å²) in [6, 6.07) is 0.384. The zero-order valence-corrected chi connectivity index (χ0v) is 17.3. The molecule has 1 fully saturated rings. The first-order valence-electron chi connectivity index (χ1n) is 9.14. The van der Waals surface area contributed by atoms with Gasteiger partial charge in [-0.05, 0) is 46.0 Å². The number of nitrogens with one attached hydrogen (secondary N) is 1. The summed E-state index contributed by atoms with van der Waals surface area (Å²) in [5.74, 6) is -0.541. The van der Waals surface area contributed by atoms with Crippen molar-refractivity contribution < 1.29 is 29.3 Å². The molecule has 0 spiro atoms. The minimum absolute atomic E-state index is 0.0127. The number of nitrogens with zero attached hydrogens (tertiary/aromatic N) is 1. The van der Waals surface area contributed by atoms with Gasteiger partial charge in [-0.1, -0.05) is 6.92 Å². The van der Waals surface area contributed by atoms with Crippen molar-refractivity contribution in [1.29, 1.82) is 0 Å². The maximum Gasteiger partial charge on any atom is 0.359 e. The van der Waals surface area contributed by atoms with E-state index >= 15 is 0 Å². The number of aromatic nitrogens is 2. The summed E-state index contributed by atoms with van der Waals surface area (Å²) in [4.78, 5) is 35.5. The summed E-state index contributed by atoms with van der Waals surface area (Å²) in [7, 11) is -4.38. The van der Waals surface area contributed by atoms with Gasteiger partial charge >= 0.3 is 13.3 Å². The first-order valence-corrected chi connectivity index (χ1v) is 10.7. The first-order chi connectivity index (χ1) is 12.7. The number of H-pyrrole nitrogens is 1. The SMILES string of the molecule is CCC(C)(O)P(=O)(O)OC(C)(C)C[C@H]1C[C@@H](n2ccc(=O)[nH]c2=O)[C@H](O)[C@@H]1O. The van der Waals surface area contributed by atoms with Gasteiger partial charge in [-0.3, -0.25) is 18.9 Å². The molecule has 160 valence electrons. The molecule has 0 aromatic carbocycles. The van der Waals surface area contributed by atoms with Crippen LogP contribution in [0.1, 0.15) is 53.0 Å². The third kappa shape index (κ3) is 4.64. The summed E-state index contributed by atoms with van der Waals surface area (Å²) in [5, 5.41) is 29.0. The second-order valence-corrected chi connectivity index (χ2v) is 10.4. The number of aromatic amines is 1. The quantitative estimate of drug-likeness (QED) is 0.394. The van der Waals surface area contributed by atoms with Crippen LogP contribution in [0.3, 0.4) is 0 Å². The van der Waals surface area contributed by atoms with Gasteiger partial charge < -0.3 is 24.7 Å². The molecule has 1 aromatic heterocycles. The molecule has 1 heterocycles. The second-order valence-electron chi connectivity index (χ2n) is 8.21. The van der Waals surface area contributed by atoms with Gasteiger partial charge in [0.25, 0.3) is 5.56 Å². The molecule has 0 bridgehead atoms. The number of aliphatic hydroxyl groups excluding tert-OH is 2. The Morgan fingerprint density at radius 3 is 2.43 bits per heavy atom.